The molecule has 20 heavy (non-hydrogen) atoms. The van der Waals surface area contributed by atoms with Gasteiger partial charge in [0.15, 0.2) is 0 Å². The summed E-state index contributed by atoms with van der Waals surface area (Å²) in [6.07, 6.45) is 3.28. The van der Waals surface area contributed by atoms with Gasteiger partial charge in [-0.1, -0.05) is 42.5 Å². The first-order valence-electron chi connectivity index (χ1n) is 6.59. The predicted molar refractivity (Wildman–Crippen MR) is 79.3 cm³/mol. The largest absolute Gasteiger partial charge is 0.381 e. The van der Waals surface area contributed by atoms with Gasteiger partial charge in [0, 0.05) is 12.2 Å². The number of nitrogens with zero attached hydrogens (tertiary/aromatic N) is 3. The predicted octanol–water partition coefficient (Wildman–Crippen LogP) is 2.94. The first kappa shape index (κ1) is 12.4. The molecule has 3 aromatic rings. The molecule has 100 valence electrons. The van der Waals surface area contributed by atoms with E-state index >= 15 is 0 Å². The van der Waals surface area contributed by atoms with Crippen LogP contribution in [-0.2, 0) is 13.1 Å². The highest BCUT2D eigenvalue weighted by Gasteiger charge is 1.98. The first-order valence-corrected chi connectivity index (χ1v) is 6.59. The fourth-order valence-corrected chi connectivity index (χ4v) is 2.08. The molecule has 1 heterocycles. The van der Waals surface area contributed by atoms with Crippen LogP contribution in [0.1, 0.15) is 11.1 Å². The number of benzene rings is 2. The first-order chi connectivity index (χ1) is 9.90. The quantitative estimate of drug-likeness (QED) is 0.770. The summed E-state index contributed by atoms with van der Waals surface area (Å²) in [5.41, 5.74) is 3.59. The molecule has 0 aliphatic rings. The van der Waals surface area contributed by atoms with Gasteiger partial charge >= 0.3 is 0 Å². The van der Waals surface area contributed by atoms with Crippen molar-refractivity contribution in [3.63, 3.8) is 0 Å². The summed E-state index contributed by atoms with van der Waals surface area (Å²) in [5, 5.41) is 7.56. The van der Waals surface area contributed by atoms with Crippen LogP contribution in [0.4, 0.5) is 5.69 Å². The molecule has 0 spiro atoms. The number of aromatic nitrogens is 3. The Morgan fingerprint density at radius 1 is 0.950 bits per heavy atom. The van der Waals surface area contributed by atoms with E-state index in [0.717, 1.165) is 18.8 Å². The van der Waals surface area contributed by atoms with E-state index in [9.17, 15) is 0 Å². The highest BCUT2D eigenvalue weighted by molar-refractivity contribution is 5.46. The van der Waals surface area contributed by atoms with Crippen LogP contribution in [0.3, 0.4) is 0 Å². The molecule has 2 aromatic carbocycles. The van der Waals surface area contributed by atoms with E-state index in [0.29, 0.717) is 0 Å². The molecule has 0 amide bonds. The summed E-state index contributed by atoms with van der Waals surface area (Å²) in [5.74, 6) is 0. The zero-order valence-corrected chi connectivity index (χ0v) is 11.1. The Morgan fingerprint density at radius 3 is 2.60 bits per heavy atom. The molecule has 0 radical (unpaired) electrons. The molecule has 0 atom stereocenters. The number of rotatable bonds is 5. The Balaban J connectivity index is 1.65. The lowest BCUT2D eigenvalue weighted by Gasteiger charge is -2.08. The van der Waals surface area contributed by atoms with Crippen molar-refractivity contribution in [2.75, 3.05) is 5.32 Å². The second-order valence-corrected chi connectivity index (χ2v) is 4.63. The van der Waals surface area contributed by atoms with Crippen molar-refractivity contribution in [3.8, 4) is 0 Å². The zero-order valence-electron chi connectivity index (χ0n) is 11.1. The third kappa shape index (κ3) is 3.23. The normalized spacial score (nSPS) is 10.4. The molecular weight excluding hydrogens is 248 g/mol. The van der Waals surface area contributed by atoms with Gasteiger partial charge in [0.25, 0.3) is 0 Å². The maximum absolute atomic E-state index is 4.12. The summed E-state index contributed by atoms with van der Waals surface area (Å²) in [7, 11) is 0. The average molecular weight is 264 g/mol. The Kier molecular flexibility index (Phi) is 3.73. The van der Waals surface area contributed by atoms with E-state index in [1.165, 1.54) is 11.1 Å². The maximum Gasteiger partial charge on any atom is 0.137 e. The Morgan fingerprint density at radius 2 is 1.80 bits per heavy atom. The molecule has 4 nitrogen and oxygen atoms in total. The average Bonchev–Trinajstić information content (AvgIpc) is 3.00. The third-order valence-corrected chi connectivity index (χ3v) is 3.08. The van der Waals surface area contributed by atoms with Crippen molar-refractivity contribution in [2.45, 2.75) is 13.1 Å². The topological polar surface area (TPSA) is 42.7 Å². The SMILES string of the molecule is c1ccc(CNc2cccc(Cn3cncn3)c2)cc1. The lowest BCUT2D eigenvalue weighted by atomic mass is 10.2. The van der Waals surface area contributed by atoms with Gasteiger partial charge in [0.1, 0.15) is 12.7 Å². The molecule has 0 aliphatic carbocycles. The van der Waals surface area contributed by atoms with Gasteiger partial charge < -0.3 is 5.32 Å². The van der Waals surface area contributed by atoms with Gasteiger partial charge in [-0.3, -0.25) is 0 Å². The monoisotopic (exact) mass is 264 g/mol. The van der Waals surface area contributed by atoms with Gasteiger partial charge in [0.05, 0.1) is 6.54 Å². The molecule has 4 heteroatoms. The summed E-state index contributed by atoms with van der Waals surface area (Å²) in [6, 6.07) is 18.7. The summed E-state index contributed by atoms with van der Waals surface area (Å²) >= 11 is 0. The number of nitrogens with one attached hydrogen (secondary N) is 1. The maximum atomic E-state index is 4.12. The van der Waals surface area contributed by atoms with E-state index < -0.39 is 0 Å². The van der Waals surface area contributed by atoms with Crippen molar-refractivity contribution in [1.29, 1.82) is 0 Å². The van der Waals surface area contributed by atoms with Crippen LogP contribution in [-0.4, -0.2) is 14.8 Å². The summed E-state index contributed by atoms with van der Waals surface area (Å²) in [4.78, 5) is 3.95. The van der Waals surface area contributed by atoms with Crippen molar-refractivity contribution in [3.05, 3.63) is 78.4 Å². The highest BCUT2D eigenvalue weighted by Crippen LogP contribution is 2.13. The van der Waals surface area contributed by atoms with Crippen LogP contribution in [0.2, 0.25) is 0 Å². The Bertz CT molecular complexity index is 647. The lowest BCUT2D eigenvalue weighted by Crippen LogP contribution is -2.02. The molecule has 3 rings (SSSR count). The molecule has 1 N–H and O–H groups in total. The fourth-order valence-electron chi connectivity index (χ4n) is 2.08. The Labute approximate surface area is 118 Å². The molecule has 0 unspecified atom stereocenters. The molecule has 0 fully saturated rings. The van der Waals surface area contributed by atoms with Gasteiger partial charge in [-0.2, -0.15) is 5.10 Å². The number of hydrogen-bond donors (Lipinski definition) is 1. The lowest BCUT2D eigenvalue weighted by molar-refractivity contribution is 0.685. The zero-order chi connectivity index (χ0) is 13.6. The van der Waals surface area contributed by atoms with Gasteiger partial charge in [-0.15, -0.1) is 0 Å². The molecular formula is C16H16N4. The van der Waals surface area contributed by atoms with Crippen molar-refractivity contribution in [1.82, 2.24) is 14.8 Å². The standard InChI is InChI=1S/C16H16N4/c1-2-5-14(6-3-1)10-18-16-8-4-7-15(9-16)11-20-13-17-12-19-20/h1-9,12-13,18H,10-11H2. The minimum Gasteiger partial charge on any atom is -0.381 e. The summed E-state index contributed by atoms with van der Waals surface area (Å²) < 4.78 is 1.82. The van der Waals surface area contributed by atoms with Gasteiger partial charge in [-0.05, 0) is 23.3 Å². The van der Waals surface area contributed by atoms with Crippen LogP contribution >= 0.6 is 0 Å². The van der Waals surface area contributed by atoms with Crippen LogP contribution in [0.25, 0.3) is 0 Å². The highest BCUT2D eigenvalue weighted by atomic mass is 15.3. The molecule has 1 aromatic heterocycles. The molecule has 0 saturated carbocycles. The van der Waals surface area contributed by atoms with Crippen LogP contribution in [0.15, 0.2) is 67.3 Å². The molecule has 0 saturated heterocycles. The minimum atomic E-state index is 0.737. The van der Waals surface area contributed by atoms with E-state index in [2.05, 4.69) is 63.9 Å². The molecule has 0 bridgehead atoms. The number of hydrogen-bond acceptors (Lipinski definition) is 3. The second kappa shape index (κ2) is 6.02. The smallest absolute Gasteiger partial charge is 0.137 e. The van der Waals surface area contributed by atoms with Crippen LogP contribution in [0, 0.1) is 0 Å². The van der Waals surface area contributed by atoms with E-state index in [1.54, 1.807) is 12.7 Å². The van der Waals surface area contributed by atoms with Gasteiger partial charge in [-0.25, -0.2) is 9.67 Å². The third-order valence-electron chi connectivity index (χ3n) is 3.08. The van der Waals surface area contributed by atoms with Gasteiger partial charge in [0.2, 0.25) is 0 Å². The molecule has 0 aliphatic heterocycles. The number of anilines is 1. The summed E-state index contributed by atoms with van der Waals surface area (Å²) in [6.45, 7) is 1.56. The fraction of sp³-hybridized carbons (Fsp3) is 0.125. The van der Waals surface area contributed by atoms with Crippen LogP contribution in [0.5, 0.6) is 0 Å². The second-order valence-electron chi connectivity index (χ2n) is 4.63. The van der Waals surface area contributed by atoms with Crippen molar-refractivity contribution in [2.24, 2.45) is 0 Å². The van der Waals surface area contributed by atoms with E-state index in [-0.39, 0.29) is 0 Å². The van der Waals surface area contributed by atoms with Crippen molar-refractivity contribution < 1.29 is 0 Å². The van der Waals surface area contributed by atoms with E-state index in [1.807, 2.05) is 10.7 Å². The van der Waals surface area contributed by atoms with Crippen molar-refractivity contribution >= 4 is 5.69 Å². The van der Waals surface area contributed by atoms with Crippen LogP contribution < -0.4 is 5.32 Å². The Hall–Kier alpha value is -2.62. The minimum absolute atomic E-state index is 0.737. The van der Waals surface area contributed by atoms with E-state index in [4.69, 9.17) is 0 Å².